The van der Waals surface area contributed by atoms with Crippen molar-refractivity contribution in [2.24, 2.45) is 0 Å². The molecule has 0 bridgehead atoms. The Kier molecular flexibility index (Phi) is 5.02. The van der Waals surface area contributed by atoms with Crippen LogP contribution in [-0.4, -0.2) is 31.1 Å². The summed E-state index contributed by atoms with van der Waals surface area (Å²) in [5.41, 5.74) is 2.86. The Balaban J connectivity index is 1.76. The van der Waals surface area contributed by atoms with Crippen molar-refractivity contribution in [2.75, 3.05) is 26.2 Å². The molecule has 0 amide bonds. The average molecular weight is 232 g/mol. The highest BCUT2D eigenvalue weighted by Crippen LogP contribution is 2.10. The van der Waals surface area contributed by atoms with Crippen molar-refractivity contribution in [3.63, 3.8) is 0 Å². The van der Waals surface area contributed by atoms with E-state index in [0.29, 0.717) is 0 Å². The molecule has 0 unspecified atom stereocenters. The maximum absolute atomic E-state index is 3.35. The lowest BCUT2D eigenvalue weighted by Gasteiger charge is -2.14. The van der Waals surface area contributed by atoms with E-state index in [-0.39, 0.29) is 0 Å². The molecule has 2 rings (SSSR count). The van der Waals surface area contributed by atoms with Crippen molar-refractivity contribution in [3.05, 3.63) is 35.4 Å². The minimum atomic E-state index is 0.989. The van der Waals surface area contributed by atoms with Gasteiger partial charge in [0.2, 0.25) is 0 Å². The predicted octanol–water partition coefficient (Wildman–Crippen LogP) is 2.43. The normalized spacial score (nSPS) is 16.5. The van der Waals surface area contributed by atoms with E-state index in [9.17, 15) is 0 Å². The van der Waals surface area contributed by atoms with Gasteiger partial charge in [0, 0.05) is 13.1 Å². The molecule has 0 spiro atoms. The molecule has 0 radical (unpaired) electrons. The highest BCUT2D eigenvalue weighted by molar-refractivity contribution is 5.22. The summed E-state index contributed by atoms with van der Waals surface area (Å²) in [6.45, 7) is 8.01. The van der Waals surface area contributed by atoms with Crippen LogP contribution in [0.5, 0.6) is 0 Å². The summed E-state index contributed by atoms with van der Waals surface area (Å²) in [5.74, 6) is 0. The third-order valence-electron chi connectivity index (χ3n) is 3.52. The average Bonchev–Trinajstić information content (AvgIpc) is 2.88. The van der Waals surface area contributed by atoms with Crippen molar-refractivity contribution < 1.29 is 0 Å². The lowest BCUT2D eigenvalue weighted by atomic mass is 10.1. The van der Waals surface area contributed by atoms with E-state index in [1.807, 2.05) is 0 Å². The molecule has 1 aliphatic heterocycles. The number of hydrogen-bond acceptors (Lipinski definition) is 2. The van der Waals surface area contributed by atoms with Crippen molar-refractivity contribution >= 4 is 0 Å². The van der Waals surface area contributed by atoms with Gasteiger partial charge in [0.1, 0.15) is 0 Å². The summed E-state index contributed by atoms with van der Waals surface area (Å²) >= 11 is 0. The van der Waals surface area contributed by atoms with Crippen molar-refractivity contribution in [3.8, 4) is 0 Å². The van der Waals surface area contributed by atoms with Gasteiger partial charge < -0.3 is 10.2 Å². The molecule has 1 aliphatic rings. The smallest absolute Gasteiger partial charge is 0.0205 e. The number of nitrogens with zero attached hydrogens (tertiary/aromatic N) is 1. The molecule has 0 aliphatic carbocycles. The Morgan fingerprint density at radius 2 is 1.71 bits per heavy atom. The molecule has 1 heterocycles. The Labute approximate surface area is 105 Å². The largest absolute Gasteiger partial charge is 0.313 e. The zero-order chi connectivity index (χ0) is 11.9. The summed E-state index contributed by atoms with van der Waals surface area (Å²) in [6.07, 6.45) is 3.98. The molecule has 1 aromatic rings. The van der Waals surface area contributed by atoms with Crippen LogP contribution in [0.15, 0.2) is 24.3 Å². The minimum Gasteiger partial charge on any atom is -0.313 e. The number of nitrogens with one attached hydrogen (secondary N) is 1. The summed E-state index contributed by atoms with van der Waals surface area (Å²) in [7, 11) is 0. The molecule has 1 N–H and O–H groups in total. The van der Waals surface area contributed by atoms with Crippen LogP contribution >= 0.6 is 0 Å². The molecule has 0 saturated carbocycles. The Morgan fingerprint density at radius 3 is 2.35 bits per heavy atom. The fourth-order valence-electron chi connectivity index (χ4n) is 2.39. The van der Waals surface area contributed by atoms with Crippen molar-refractivity contribution in [1.82, 2.24) is 10.2 Å². The van der Waals surface area contributed by atoms with Crippen LogP contribution in [-0.2, 0) is 13.0 Å². The molecular formula is C15H24N2. The second kappa shape index (κ2) is 6.77. The molecule has 2 heteroatoms. The number of likely N-dealkylation sites (tertiary alicyclic amines) is 1. The zero-order valence-corrected chi connectivity index (χ0v) is 10.9. The number of hydrogen-bond donors (Lipinski definition) is 1. The molecule has 2 nitrogen and oxygen atoms in total. The summed E-state index contributed by atoms with van der Waals surface area (Å²) < 4.78 is 0. The van der Waals surface area contributed by atoms with Crippen LogP contribution < -0.4 is 5.32 Å². The van der Waals surface area contributed by atoms with E-state index < -0.39 is 0 Å². The van der Waals surface area contributed by atoms with E-state index in [1.54, 1.807) is 0 Å². The number of benzene rings is 1. The molecule has 1 aromatic carbocycles. The molecule has 1 fully saturated rings. The first-order chi connectivity index (χ1) is 8.38. The van der Waals surface area contributed by atoms with Crippen LogP contribution in [0.4, 0.5) is 0 Å². The first-order valence-electron chi connectivity index (χ1n) is 6.89. The van der Waals surface area contributed by atoms with E-state index in [2.05, 4.69) is 41.4 Å². The molecule has 17 heavy (non-hydrogen) atoms. The maximum Gasteiger partial charge on any atom is 0.0205 e. The van der Waals surface area contributed by atoms with Crippen LogP contribution in [0, 0.1) is 0 Å². The first-order valence-corrected chi connectivity index (χ1v) is 6.89. The molecule has 1 saturated heterocycles. The SMILES string of the molecule is CCNCc1ccc(CCN2CCCC2)cc1. The second-order valence-electron chi connectivity index (χ2n) is 4.90. The zero-order valence-electron chi connectivity index (χ0n) is 10.9. The second-order valence-corrected chi connectivity index (χ2v) is 4.90. The van der Waals surface area contributed by atoms with Gasteiger partial charge in [0.05, 0.1) is 0 Å². The highest BCUT2D eigenvalue weighted by atomic mass is 15.1. The van der Waals surface area contributed by atoms with Crippen molar-refractivity contribution in [2.45, 2.75) is 32.7 Å². The van der Waals surface area contributed by atoms with E-state index >= 15 is 0 Å². The van der Waals surface area contributed by atoms with E-state index in [1.165, 1.54) is 50.0 Å². The van der Waals surface area contributed by atoms with Gasteiger partial charge in [-0.15, -0.1) is 0 Å². The van der Waals surface area contributed by atoms with E-state index in [0.717, 1.165) is 13.1 Å². The van der Waals surface area contributed by atoms with Crippen LogP contribution in [0.25, 0.3) is 0 Å². The molecular weight excluding hydrogens is 208 g/mol. The Bertz CT molecular complexity index is 312. The van der Waals surface area contributed by atoms with Gasteiger partial charge in [-0.25, -0.2) is 0 Å². The molecule has 0 atom stereocenters. The monoisotopic (exact) mass is 232 g/mol. The summed E-state index contributed by atoms with van der Waals surface area (Å²) in [4.78, 5) is 2.58. The lowest BCUT2D eigenvalue weighted by Crippen LogP contribution is -2.21. The third-order valence-corrected chi connectivity index (χ3v) is 3.52. The first kappa shape index (κ1) is 12.6. The lowest BCUT2D eigenvalue weighted by molar-refractivity contribution is 0.343. The van der Waals surface area contributed by atoms with Crippen LogP contribution in [0.1, 0.15) is 30.9 Å². The fourth-order valence-corrected chi connectivity index (χ4v) is 2.39. The minimum absolute atomic E-state index is 0.989. The quantitative estimate of drug-likeness (QED) is 0.810. The van der Waals surface area contributed by atoms with Crippen LogP contribution in [0.2, 0.25) is 0 Å². The van der Waals surface area contributed by atoms with E-state index in [4.69, 9.17) is 0 Å². The summed E-state index contributed by atoms with van der Waals surface area (Å²) in [5, 5.41) is 3.35. The third kappa shape index (κ3) is 4.14. The van der Waals surface area contributed by atoms with Gasteiger partial charge in [-0.2, -0.15) is 0 Å². The standard InChI is InChI=1S/C15H24N2/c1-2-16-13-15-7-5-14(6-8-15)9-12-17-10-3-4-11-17/h5-8,16H,2-4,9-13H2,1H3. The number of rotatable bonds is 6. The van der Waals surface area contributed by atoms with Gasteiger partial charge in [0.25, 0.3) is 0 Å². The predicted molar refractivity (Wildman–Crippen MR) is 73.2 cm³/mol. The van der Waals surface area contributed by atoms with Crippen molar-refractivity contribution in [1.29, 1.82) is 0 Å². The van der Waals surface area contributed by atoms with Gasteiger partial charge >= 0.3 is 0 Å². The van der Waals surface area contributed by atoms with Crippen LogP contribution in [0.3, 0.4) is 0 Å². The maximum atomic E-state index is 3.35. The van der Waals surface area contributed by atoms with Gasteiger partial charge in [-0.05, 0) is 50.0 Å². The Hall–Kier alpha value is -0.860. The fraction of sp³-hybridized carbons (Fsp3) is 0.600. The Morgan fingerprint density at radius 1 is 1.06 bits per heavy atom. The van der Waals surface area contributed by atoms with Gasteiger partial charge in [-0.1, -0.05) is 31.2 Å². The topological polar surface area (TPSA) is 15.3 Å². The highest BCUT2D eigenvalue weighted by Gasteiger charge is 2.10. The van der Waals surface area contributed by atoms with Gasteiger partial charge in [-0.3, -0.25) is 0 Å². The summed E-state index contributed by atoms with van der Waals surface area (Å²) in [6, 6.07) is 9.06. The van der Waals surface area contributed by atoms with Gasteiger partial charge in [0.15, 0.2) is 0 Å². The molecule has 0 aromatic heterocycles. The molecule has 94 valence electrons.